The third kappa shape index (κ3) is 5.25. The number of hydrogen-bond donors (Lipinski definition) is 2. The Balaban J connectivity index is 3.23. The summed E-state index contributed by atoms with van der Waals surface area (Å²) in [5.41, 5.74) is 0.0454. The number of hydrogen-bond acceptors (Lipinski definition) is 4. The Morgan fingerprint density at radius 3 is 1.51 bits per heavy atom. The normalized spacial score (nSPS) is 15.2. The summed E-state index contributed by atoms with van der Waals surface area (Å²) in [6, 6.07) is 0. The summed E-state index contributed by atoms with van der Waals surface area (Å²) >= 11 is 3.68. The molecule has 0 atom stereocenters. The molecular weight excluding hydrogens is 595 g/mol. The Labute approximate surface area is 197 Å². The molecule has 1 heterocycles. The van der Waals surface area contributed by atoms with E-state index in [1.807, 2.05) is 0 Å². The fourth-order valence-electron chi connectivity index (χ4n) is 2.24. The van der Waals surface area contributed by atoms with E-state index in [9.17, 15) is 79.4 Å². The van der Waals surface area contributed by atoms with Gasteiger partial charge in [0.25, 0.3) is 0 Å². The zero-order valence-corrected chi connectivity index (χ0v) is 17.7. The topological polar surface area (TPSA) is 55.0 Å². The number of H-pyrrole nitrogens is 1. The van der Waals surface area contributed by atoms with Gasteiger partial charge in [-0.25, -0.2) is 4.98 Å². The average Bonchev–Trinajstić information content (AvgIpc) is 3.14. The van der Waals surface area contributed by atoms with Crippen molar-refractivity contribution in [3.63, 3.8) is 0 Å². The molecular formula is C15H9F17N2O2S. The zero-order valence-electron chi connectivity index (χ0n) is 16.8. The van der Waals surface area contributed by atoms with Crippen LogP contribution in [0.1, 0.15) is 12.1 Å². The van der Waals surface area contributed by atoms with Crippen LogP contribution in [-0.4, -0.2) is 70.2 Å². The summed E-state index contributed by atoms with van der Waals surface area (Å²) in [7, 11) is 0. The quantitative estimate of drug-likeness (QED) is 0.180. The summed E-state index contributed by atoms with van der Waals surface area (Å²) in [4.78, 5) is 17.2. The molecule has 0 unspecified atom stereocenters. The highest BCUT2D eigenvalue weighted by atomic mass is 32.1. The molecule has 0 saturated carbocycles. The van der Waals surface area contributed by atoms with Crippen LogP contribution in [0.25, 0.3) is 0 Å². The van der Waals surface area contributed by atoms with Crippen molar-refractivity contribution in [1.82, 2.24) is 9.97 Å². The molecule has 0 saturated heterocycles. The number of halogens is 17. The molecule has 0 fully saturated rings. The molecule has 1 N–H and O–H groups in total. The minimum absolute atomic E-state index is 0.0342. The summed E-state index contributed by atoms with van der Waals surface area (Å²) in [5.74, 6) is -59.2. The van der Waals surface area contributed by atoms with E-state index in [1.165, 1.54) is 0 Å². The predicted molar refractivity (Wildman–Crippen MR) is 85.8 cm³/mol. The molecule has 0 radical (unpaired) electrons. The van der Waals surface area contributed by atoms with Gasteiger partial charge in [-0.15, -0.1) is 12.6 Å². The maximum absolute atomic E-state index is 13.6. The number of imidazole rings is 1. The maximum atomic E-state index is 13.6. The number of aryl methyl sites for hydroxylation is 1. The molecule has 1 aromatic heterocycles. The van der Waals surface area contributed by atoms with Gasteiger partial charge in [0, 0.05) is 11.9 Å². The fraction of sp³-hybridized carbons (Fsp3) is 0.733. The molecule has 0 spiro atoms. The molecule has 37 heavy (non-hydrogen) atoms. The third-order valence-electron chi connectivity index (χ3n) is 4.42. The zero-order chi connectivity index (χ0) is 29.7. The van der Waals surface area contributed by atoms with Gasteiger partial charge in [-0.2, -0.15) is 74.6 Å². The minimum Gasteiger partial charge on any atom is -0.459 e. The lowest BCUT2D eigenvalue weighted by Crippen LogP contribution is -2.74. The first-order chi connectivity index (χ1) is 16.1. The largest absolute Gasteiger partial charge is 0.460 e. The van der Waals surface area contributed by atoms with E-state index in [-0.39, 0.29) is 10.9 Å². The first-order valence-electron chi connectivity index (χ1n) is 8.71. The maximum Gasteiger partial charge on any atom is 0.460 e. The summed E-state index contributed by atoms with van der Waals surface area (Å²) in [6.45, 7) is -3.27. The first-order valence-corrected chi connectivity index (χ1v) is 9.16. The highest BCUT2D eigenvalue weighted by molar-refractivity contribution is 7.80. The van der Waals surface area contributed by atoms with E-state index in [0.29, 0.717) is 0 Å². The number of aromatic nitrogens is 2. The van der Waals surface area contributed by atoms with Crippen molar-refractivity contribution >= 4 is 18.6 Å². The van der Waals surface area contributed by atoms with E-state index < -0.39 is 73.1 Å². The smallest absolute Gasteiger partial charge is 0.459 e. The standard InChI is InChI=1S/C15H9F17N2O2S/c16-8(17,4-36-6(35)2-1-5-3-33-7(37)34-5)9(18,19)10(20,21)11(22,23)12(24,25)13(26,27)14(28,29)15(30,31)32/h3H,1-2,4H2,(H2,33,34,37). The van der Waals surface area contributed by atoms with Crippen LogP contribution in [0.5, 0.6) is 0 Å². The van der Waals surface area contributed by atoms with E-state index in [1.54, 1.807) is 0 Å². The van der Waals surface area contributed by atoms with Gasteiger partial charge in [-0.05, 0) is 6.42 Å². The van der Waals surface area contributed by atoms with Crippen LogP contribution in [0.15, 0.2) is 11.4 Å². The van der Waals surface area contributed by atoms with Gasteiger partial charge in [0.15, 0.2) is 11.8 Å². The monoisotopic (exact) mass is 604 g/mol. The Morgan fingerprint density at radius 1 is 0.730 bits per heavy atom. The van der Waals surface area contributed by atoms with Gasteiger partial charge in [-0.1, -0.05) is 0 Å². The number of thiol groups is 1. The van der Waals surface area contributed by atoms with Crippen LogP contribution < -0.4 is 0 Å². The van der Waals surface area contributed by atoms with Crippen LogP contribution in [0.3, 0.4) is 0 Å². The summed E-state index contributed by atoms with van der Waals surface area (Å²) in [6.07, 6.45) is -8.28. The number of carbonyl (C=O) groups is 1. The van der Waals surface area contributed by atoms with Gasteiger partial charge in [0.2, 0.25) is 0 Å². The van der Waals surface area contributed by atoms with Crippen molar-refractivity contribution in [2.24, 2.45) is 0 Å². The van der Waals surface area contributed by atoms with Crippen LogP contribution in [0, 0.1) is 0 Å². The molecule has 0 bridgehead atoms. The van der Waals surface area contributed by atoms with E-state index >= 15 is 0 Å². The minimum atomic E-state index is -8.71. The van der Waals surface area contributed by atoms with Crippen molar-refractivity contribution in [2.45, 2.75) is 65.6 Å². The van der Waals surface area contributed by atoms with E-state index in [2.05, 4.69) is 27.3 Å². The van der Waals surface area contributed by atoms with Gasteiger partial charge in [-0.3, -0.25) is 4.79 Å². The van der Waals surface area contributed by atoms with Gasteiger partial charge >= 0.3 is 53.6 Å². The van der Waals surface area contributed by atoms with Crippen LogP contribution in [-0.2, 0) is 16.0 Å². The van der Waals surface area contributed by atoms with Crippen LogP contribution in [0.4, 0.5) is 74.6 Å². The molecule has 22 heteroatoms. The van der Waals surface area contributed by atoms with Crippen molar-refractivity contribution < 1.29 is 84.2 Å². The Kier molecular flexibility index (Phi) is 8.48. The number of nitrogens with one attached hydrogen (secondary N) is 1. The van der Waals surface area contributed by atoms with Crippen molar-refractivity contribution in [2.75, 3.05) is 6.61 Å². The lowest BCUT2D eigenvalue weighted by molar-refractivity contribution is -0.462. The third-order valence-corrected chi connectivity index (χ3v) is 4.64. The fourth-order valence-corrected chi connectivity index (χ4v) is 2.44. The highest BCUT2D eigenvalue weighted by Crippen LogP contribution is 2.63. The molecule has 1 rings (SSSR count). The molecule has 4 nitrogen and oxygen atoms in total. The Bertz CT molecular complexity index is 972. The van der Waals surface area contributed by atoms with Crippen molar-refractivity contribution in [3.05, 3.63) is 11.9 Å². The summed E-state index contributed by atoms with van der Waals surface area (Å²) < 4.78 is 227. The molecule has 1 aromatic rings. The lowest BCUT2D eigenvalue weighted by Gasteiger charge is -2.42. The Hall–Kier alpha value is -2.16. The Morgan fingerprint density at radius 2 is 1.14 bits per heavy atom. The van der Waals surface area contributed by atoms with Crippen LogP contribution >= 0.6 is 12.6 Å². The van der Waals surface area contributed by atoms with Crippen molar-refractivity contribution in [1.29, 1.82) is 0 Å². The second kappa shape index (κ2) is 9.54. The molecule has 0 aliphatic heterocycles. The predicted octanol–water partition coefficient (Wildman–Crippen LogP) is 6.18. The molecule has 0 amide bonds. The lowest BCUT2D eigenvalue weighted by atomic mass is 9.89. The van der Waals surface area contributed by atoms with Crippen LogP contribution in [0.2, 0.25) is 0 Å². The molecule has 0 aliphatic rings. The van der Waals surface area contributed by atoms with E-state index in [0.717, 1.165) is 6.20 Å². The first kappa shape index (κ1) is 32.9. The van der Waals surface area contributed by atoms with Crippen molar-refractivity contribution in [3.8, 4) is 0 Å². The molecule has 0 aromatic carbocycles. The van der Waals surface area contributed by atoms with Gasteiger partial charge < -0.3 is 9.72 Å². The number of rotatable bonds is 11. The second-order valence-electron chi connectivity index (χ2n) is 7.04. The van der Waals surface area contributed by atoms with Gasteiger partial charge in [0.1, 0.15) is 0 Å². The van der Waals surface area contributed by atoms with Gasteiger partial charge in [0.05, 0.1) is 6.42 Å². The number of esters is 1. The SMILES string of the molecule is O=C(CCc1cnc(S)[nH]1)OCC(F)(F)C(F)(F)C(F)(F)C(F)(F)C(F)(F)C(F)(F)C(F)(F)C(F)(F)F. The molecule has 216 valence electrons. The average molecular weight is 604 g/mol. The number of carbonyl (C=O) groups excluding carboxylic acids is 1. The number of nitrogens with zero attached hydrogens (tertiary/aromatic N) is 1. The second-order valence-corrected chi connectivity index (χ2v) is 7.46. The summed E-state index contributed by atoms with van der Waals surface area (Å²) in [5, 5.41) is -0.0342. The molecule has 0 aliphatic carbocycles. The number of aromatic amines is 1. The van der Waals surface area contributed by atoms with E-state index in [4.69, 9.17) is 0 Å². The number of ether oxygens (including phenoxy) is 1. The number of alkyl halides is 17. The highest BCUT2D eigenvalue weighted by Gasteiger charge is 2.95.